The zero-order valence-electron chi connectivity index (χ0n) is 12.3. The topological polar surface area (TPSA) is 44.0 Å². The number of aromatic amines is 1. The average Bonchev–Trinajstić information content (AvgIpc) is 3.20. The Balaban J connectivity index is 1.40. The first kappa shape index (κ1) is 12.9. The number of H-pyrrole nitrogens is 1. The fourth-order valence-corrected chi connectivity index (χ4v) is 3.69. The molecule has 1 aromatic carbocycles. The molecule has 0 saturated carbocycles. The van der Waals surface area contributed by atoms with Crippen LogP contribution in [0.15, 0.2) is 30.6 Å². The summed E-state index contributed by atoms with van der Waals surface area (Å²) in [5.41, 5.74) is 5.72. The minimum absolute atomic E-state index is 0.680. The predicted molar refractivity (Wildman–Crippen MR) is 84.5 cm³/mol. The van der Waals surface area contributed by atoms with Crippen LogP contribution in [0.25, 0.3) is 0 Å². The van der Waals surface area contributed by atoms with E-state index in [4.69, 9.17) is 0 Å². The molecule has 0 bridgehead atoms. The number of anilines is 1. The number of fused-ring (bicyclic) bond motifs is 1. The van der Waals surface area contributed by atoms with E-state index in [0.29, 0.717) is 5.92 Å². The summed E-state index contributed by atoms with van der Waals surface area (Å²) in [7, 11) is 0. The summed E-state index contributed by atoms with van der Waals surface area (Å²) in [6.07, 6.45) is 7.68. The summed E-state index contributed by atoms with van der Waals surface area (Å²) >= 11 is 0. The fourth-order valence-electron chi connectivity index (χ4n) is 3.69. The quantitative estimate of drug-likeness (QED) is 0.910. The lowest BCUT2D eigenvalue weighted by atomic mass is 9.91. The molecule has 0 aliphatic carbocycles. The fraction of sp³-hybridized carbons (Fsp3) is 0.471. The first-order valence-corrected chi connectivity index (χ1v) is 7.96. The Bertz CT molecular complexity index is 597. The van der Waals surface area contributed by atoms with Gasteiger partial charge in [0, 0.05) is 25.0 Å². The van der Waals surface area contributed by atoms with Gasteiger partial charge in [-0.05, 0) is 55.0 Å². The molecule has 1 saturated heterocycles. The molecule has 2 aromatic rings. The highest BCUT2D eigenvalue weighted by molar-refractivity contribution is 5.61. The highest BCUT2D eigenvalue weighted by atomic mass is 15.1. The van der Waals surface area contributed by atoms with Crippen molar-refractivity contribution in [2.24, 2.45) is 0 Å². The lowest BCUT2D eigenvalue weighted by Gasteiger charge is -2.32. The molecule has 1 aromatic heterocycles. The van der Waals surface area contributed by atoms with E-state index in [-0.39, 0.29) is 0 Å². The highest BCUT2D eigenvalue weighted by Crippen LogP contribution is 2.31. The lowest BCUT2D eigenvalue weighted by Crippen LogP contribution is -2.32. The second-order valence-corrected chi connectivity index (χ2v) is 6.21. The van der Waals surface area contributed by atoms with Crippen LogP contribution in [0.2, 0.25) is 0 Å². The number of para-hydroxylation sites is 1. The standard InChI is InChI=1S/C17H22N4/c1-2-14-4-7-18-17(14)15(3-1)12-21-8-5-13(6-9-21)16-10-19-20-11-16/h1-3,10-11,13,18H,4-9,12H2,(H,19,20). The van der Waals surface area contributed by atoms with Crippen LogP contribution in [0.5, 0.6) is 0 Å². The van der Waals surface area contributed by atoms with Crippen LogP contribution in [0.1, 0.15) is 35.4 Å². The Morgan fingerprint density at radius 2 is 2.14 bits per heavy atom. The van der Waals surface area contributed by atoms with E-state index in [1.165, 1.54) is 54.7 Å². The van der Waals surface area contributed by atoms with Gasteiger partial charge >= 0.3 is 0 Å². The monoisotopic (exact) mass is 282 g/mol. The van der Waals surface area contributed by atoms with Crippen molar-refractivity contribution in [2.75, 3.05) is 25.0 Å². The number of aromatic nitrogens is 2. The third-order valence-corrected chi connectivity index (χ3v) is 4.91. The Morgan fingerprint density at radius 1 is 1.24 bits per heavy atom. The molecule has 3 heterocycles. The van der Waals surface area contributed by atoms with E-state index >= 15 is 0 Å². The van der Waals surface area contributed by atoms with Gasteiger partial charge in [-0.25, -0.2) is 0 Å². The van der Waals surface area contributed by atoms with E-state index in [2.05, 4.69) is 38.6 Å². The molecule has 2 aliphatic heterocycles. The number of hydrogen-bond donors (Lipinski definition) is 2. The molecule has 2 N–H and O–H groups in total. The van der Waals surface area contributed by atoms with Crippen LogP contribution in [-0.2, 0) is 13.0 Å². The molecular weight excluding hydrogens is 260 g/mol. The first-order chi connectivity index (χ1) is 10.4. The summed E-state index contributed by atoms with van der Waals surface area (Å²) in [4.78, 5) is 2.59. The Kier molecular flexibility index (Phi) is 3.39. The zero-order chi connectivity index (χ0) is 14.1. The maximum Gasteiger partial charge on any atom is 0.0522 e. The van der Waals surface area contributed by atoms with Crippen molar-refractivity contribution in [2.45, 2.75) is 31.7 Å². The van der Waals surface area contributed by atoms with Crippen molar-refractivity contribution >= 4 is 5.69 Å². The summed E-state index contributed by atoms with van der Waals surface area (Å²) in [6.45, 7) is 4.53. The van der Waals surface area contributed by atoms with Gasteiger partial charge in [-0.15, -0.1) is 0 Å². The lowest BCUT2D eigenvalue weighted by molar-refractivity contribution is 0.205. The van der Waals surface area contributed by atoms with Gasteiger partial charge < -0.3 is 5.32 Å². The van der Waals surface area contributed by atoms with Crippen molar-refractivity contribution in [3.63, 3.8) is 0 Å². The summed E-state index contributed by atoms with van der Waals surface area (Å²) in [6, 6.07) is 6.74. The van der Waals surface area contributed by atoms with Crippen molar-refractivity contribution in [1.29, 1.82) is 0 Å². The van der Waals surface area contributed by atoms with Gasteiger partial charge in [0.05, 0.1) is 6.20 Å². The number of nitrogens with one attached hydrogen (secondary N) is 2. The molecular formula is C17H22N4. The number of hydrogen-bond acceptors (Lipinski definition) is 3. The SMILES string of the molecule is c1cc2c(c(CN3CCC(c4cn[nH]c4)CC3)c1)NCC2. The van der Waals surface area contributed by atoms with Gasteiger partial charge in [-0.3, -0.25) is 10.00 Å². The second kappa shape index (κ2) is 5.53. The number of benzene rings is 1. The predicted octanol–water partition coefficient (Wildman–Crippen LogP) is 2.76. The summed E-state index contributed by atoms with van der Waals surface area (Å²) in [5.74, 6) is 0.680. The first-order valence-electron chi connectivity index (χ1n) is 7.96. The Labute approximate surface area is 125 Å². The second-order valence-electron chi connectivity index (χ2n) is 6.21. The normalized spacial score (nSPS) is 19.4. The molecule has 0 spiro atoms. The highest BCUT2D eigenvalue weighted by Gasteiger charge is 2.22. The molecule has 21 heavy (non-hydrogen) atoms. The molecule has 0 atom stereocenters. The molecule has 4 rings (SSSR count). The van der Waals surface area contributed by atoms with E-state index in [0.717, 1.165) is 13.1 Å². The molecule has 0 amide bonds. The largest absolute Gasteiger partial charge is 0.384 e. The van der Waals surface area contributed by atoms with Crippen LogP contribution < -0.4 is 5.32 Å². The molecule has 4 heteroatoms. The van der Waals surface area contributed by atoms with Crippen molar-refractivity contribution in [3.05, 3.63) is 47.3 Å². The van der Waals surface area contributed by atoms with Crippen LogP contribution in [0.4, 0.5) is 5.69 Å². The third kappa shape index (κ3) is 2.56. The van der Waals surface area contributed by atoms with Crippen molar-refractivity contribution < 1.29 is 0 Å². The summed E-state index contributed by atoms with van der Waals surface area (Å²) < 4.78 is 0. The van der Waals surface area contributed by atoms with Gasteiger partial charge in [0.1, 0.15) is 0 Å². The van der Waals surface area contributed by atoms with Crippen LogP contribution >= 0.6 is 0 Å². The van der Waals surface area contributed by atoms with Gasteiger partial charge in [-0.2, -0.15) is 5.10 Å². The maximum absolute atomic E-state index is 4.08. The molecule has 0 unspecified atom stereocenters. The number of nitrogens with zero attached hydrogens (tertiary/aromatic N) is 2. The molecule has 4 nitrogen and oxygen atoms in total. The van der Waals surface area contributed by atoms with Crippen molar-refractivity contribution in [1.82, 2.24) is 15.1 Å². The average molecular weight is 282 g/mol. The van der Waals surface area contributed by atoms with Gasteiger partial charge in [0.25, 0.3) is 0 Å². The Hall–Kier alpha value is -1.81. The summed E-state index contributed by atoms with van der Waals surface area (Å²) in [5, 5.41) is 10.6. The van der Waals surface area contributed by atoms with E-state index in [1.807, 2.05) is 12.4 Å². The van der Waals surface area contributed by atoms with Crippen molar-refractivity contribution in [3.8, 4) is 0 Å². The van der Waals surface area contributed by atoms with Crippen LogP contribution in [0, 0.1) is 0 Å². The van der Waals surface area contributed by atoms with Gasteiger partial charge in [-0.1, -0.05) is 18.2 Å². The Morgan fingerprint density at radius 3 is 2.95 bits per heavy atom. The van der Waals surface area contributed by atoms with E-state index in [1.54, 1.807) is 0 Å². The number of piperidine rings is 1. The maximum atomic E-state index is 4.08. The van der Waals surface area contributed by atoms with E-state index in [9.17, 15) is 0 Å². The van der Waals surface area contributed by atoms with Gasteiger partial charge in [0.2, 0.25) is 0 Å². The minimum atomic E-state index is 0.680. The van der Waals surface area contributed by atoms with Crippen LogP contribution in [-0.4, -0.2) is 34.7 Å². The molecule has 110 valence electrons. The number of rotatable bonds is 3. The molecule has 0 radical (unpaired) electrons. The third-order valence-electron chi connectivity index (χ3n) is 4.91. The molecule has 2 aliphatic rings. The molecule has 1 fully saturated rings. The van der Waals surface area contributed by atoms with E-state index < -0.39 is 0 Å². The smallest absolute Gasteiger partial charge is 0.0522 e. The van der Waals surface area contributed by atoms with Crippen LogP contribution in [0.3, 0.4) is 0 Å². The zero-order valence-corrected chi connectivity index (χ0v) is 12.3. The van der Waals surface area contributed by atoms with Gasteiger partial charge in [0.15, 0.2) is 0 Å². The number of likely N-dealkylation sites (tertiary alicyclic amines) is 1. The minimum Gasteiger partial charge on any atom is -0.384 e.